The van der Waals surface area contributed by atoms with E-state index >= 15 is 0 Å². The molecule has 0 bridgehead atoms. The lowest BCUT2D eigenvalue weighted by Crippen LogP contribution is -2.15. The van der Waals surface area contributed by atoms with Crippen molar-refractivity contribution in [2.24, 2.45) is 5.73 Å². The van der Waals surface area contributed by atoms with Crippen LogP contribution in [0, 0.1) is 0 Å². The van der Waals surface area contributed by atoms with Crippen molar-refractivity contribution in [3.63, 3.8) is 0 Å². The molecule has 2 N–H and O–H groups in total. The summed E-state index contributed by atoms with van der Waals surface area (Å²) in [5.74, 6) is 0. The van der Waals surface area contributed by atoms with Gasteiger partial charge in [-0.3, -0.25) is 4.90 Å². The molecule has 2 nitrogen and oxygen atoms in total. The predicted molar refractivity (Wildman–Crippen MR) is 58.6 cm³/mol. The lowest BCUT2D eigenvalue weighted by molar-refractivity contribution is 0.317. The van der Waals surface area contributed by atoms with Crippen LogP contribution in [0.1, 0.15) is 16.7 Å². The van der Waals surface area contributed by atoms with E-state index in [-0.39, 0.29) is 0 Å². The average molecular weight is 188 g/mol. The van der Waals surface area contributed by atoms with Crippen molar-refractivity contribution < 1.29 is 0 Å². The van der Waals surface area contributed by atoms with Crippen LogP contribution >= 0.6 is 0 Å². The highest BCUT2D eigenvalue weighted by molar-refractivity contribution is 5.34. The van der Waals surface area contributed by atoms with Crippen LogP contribution in [-0.2, 0) is 19.6 Å². The van der Waals surface area contributed by atoms with Crippen LogP contribution in [0.15, 0.2) is 30.9 Å². The summed E-state index contributed by atoms with van der Waals surface area (Å²) >= 11 is 0. The van der Waals surface area contributed by atoms with E-state index in [4.69, 9.17) is 5.73 Å². The summed E-state index contributed by atoms with van der Waals surface area (Å²) < 4.78 is 0. The Morgan fingerprint density at radius 3 is 2.86 bits per heavy atom. The minimum absolute atomic E-state index is 0.634. The summed E-state index contributed by atoms with van der Waals surface area (Å²) in [4.78, 5) is 2.37. The largest absolute Gasteiger partial charge is 0.326 e. The van der Waals surface area contributed by atoms with E-state index in [2.05, 4.69) is 29.7 Å². The highest BCUT2D eigenvalue weighted by Crippen LogP contribution is 2.23. The molecule has 0 saturated heterocycles. The third-order valence-electron chi connectivity index (χ3n) is 2.68. The van der Waals surface area contributed by atoms with Gasteiger partial charge in [0.2, 0.25) is 0 Å². The number of nitrogens with zero attached hydrogens (tertiary/aromatic N) is 1. The van der Waals surface area contributed by atoms with E-state index in [1.165, 1.54) is 16.7 Å². The van der Waals surface area contributed by atoms with E-state index in [9.17, 15) is 0 Å². The van der Waals surface area contributed by atoms with Crippen molar-refractivity contribution >= 4 is 0 Å². The van der Waals surface area contributed by atoms with Crippen molar-refractivity contribution in [2.45, 2.75) is 19.6 Å². The molecule has 0 atom stereocenters. The van der Waals surface area contributed by atoms with E-state index in [1.54, 1.807) is 0 Å². The van der Waals surface area contributed by atoms with Crippen LogP contribution in [0.25, 0.3) is 0 Å². The Morgan fingerprint density at radius 2 is 2.14 bits per heavy atom. The number of fused-ring (bicyclic) bond motifs is 1. The fourth-order valence-corrected chi connectivity index (χ4v) is 1.96. The SMILES string of the molecule is C=CCN1Cc2ccc(CN)cc2C1. The van der Waals surface area contributed by atoms with Crippen LogP contribution in [0.5, 0.6) is 0 Å². The third-order valence-corrected chi connectivity index (χ3v) is 2.68. The summed E-state index contributed by atoms with van der Waals surface area (Å²) in [7, 11) is 0. The number of benzene rings is 1. The number of rotatable bonds is 3. The maximum Gasteiger partial charge on any atom is 0.0243 e. The molecular formula is C12H16N2. The first kappa shape index (κ1) is 9.44. The monoisotopic (exact) mass is 188 g/mol. The van der Waals surface area contributed by atoms with Crippen molar-refractivity contribution in [1.29, 1.82) is 0 Å². The Labute approximate surface area is 85.0 Å². The van der Waals surface area contributed by atoms with Crippen molar-refractivity contribution in [1.82, 2.24) is 4.90 Å². The Kier molecular flexibility index (Phi) is 2.66. The topological polar surface area (TPSA) is 29.3 Å². The zero-order valence-electron chi connectivity index (χ0n) is 8.37. The normalized spacial score (nSPS) is 15.5. The summed E-state index contributed by atoms with van der Waals surface area (Å²) in [6, 6.07) is 6.54. The Morgan fingerprint density at radius 1 is 1.36 bits per heavy atom. The van der Waals surface area contributed by atoms with Gasteiger partial charge in [-0.2, -0.15) is 0 Å². The van der Waals surface area contributed by atoms with Crippen molar-refractivity contribution in [2.75, 3.05) is 6.54 Å². The minimum Gasteiger partial charge on any atom is -0.326 e. The second-order valence-electron chi connectivity index (χ2n) is 3.77. The maximum absolute atomic E-state index is 5.61. The third kappa shape index (κ3) is 1.72. The zero-order valence-corrected chi connectivity index (χ0v) is 8.37. The molecule has 2 rings (SSSR count). The fraction of sp³-hybridized carbons (Fsp3) is 0.333. The summed E-state index contributed by atoms with van der Waals surface area (Å²) in [6.45, 7) is 7.44. The van der Waals surface area contributed by atoms with Gasteiger partial charge in [-0.15, -0.1) is 6.58 Å². The molecule has 0 amide bonds. The Bertz CT molecular complexity index is 344. The van der Waals surface area contributed by atoms with E-state index in [0.29, 0.717) is 6.54 Å². The highest BCUT2D eigenvalue weighted by Gasteiger charge is 2.17. The van der Waals surface area contributed by atoms with Gasteiger partial charge >= 0.3 is 0 Å². The molecule has 0 aromatic heterocycles. The summed E-state index contributed by atoms with van der Waals surface area (Å²) in [6.07, 6.45) is 1.95. The molecular weight excluding hydrogens is 172 g/mol. The molecule has 0 radical (unpaired) electrons. The van der Waals surface area contributed by atoms with E-state index in [0.717, 1.165) is 19.6 Å². The number of nitrogens with two attached hydrogens (primary N) is 1. The van der Waals surface area contributed by atoms with E-state index in [1.807, 2.05) is 6.08 Å². The number of hydrogen-bond donors (Lipinski definition) is 1. The van der Waals surface area contributed by atoms with Crippen LogP contribution in [0.3, 0.4) is 0 Å². The standard InChI is InChI=1S/C12H16N2/c1-2-5-14-8-11-4-3-10(7-13)6-12(11)9-14/h2-4,6H,1,5,7-9,13H2. The quantitative estimate of drug-likeness (QED) is 0.731. The second kappa shape index (κ2) is 3.95. The molecule has 0 spiro atoms. The average Bonchev–Trinajstić information content (AvgIpc) is 2.59. The molecule has 0 aliphatic carbocycles. The first-order valence-corrected chi connectivity index (χ1v) is 4.97. The highest BCUT2D eigenvalue weighted by atomic mass is 15.1. The molecule has 74 valence electrons. The lowest BCUT2D eigenvalue weighted by Gasteiger charge is -2.10. The minimum atomic E-state index is 0.634. The van der Waals surface area contributed by atoms with Crippen molar-refractivity contribution in [3.05, 3.63) is 47.5 Å². The van der Waals surface area contributed by atoms with Crippen LogP contribution in [0.2, 0.25) is 0 Å². The molecule has 1 aromatic carbocycles. The van der Waals surface area contributed by atoms with Gasteiger partial charge in [0.15, 0.2) is 0 Å². The van der Waals surface area contributed by atoms with Gasteiger partial charge in [0.05, 0.1) is 0 Å². The molecule has 0 unspecified atom stereocenters. The summed E-state index contributed by atoms with van der Waals surface area (Å²) in [5, 5.41) is 0. The van der Waals surface area contributed by atoms with Gasteiger partial charge in [-0.25, -0.2) is 0 Å². The molecule has 0 saturated carbocycles. The Hall–Kier alpha value is -1.12. The predicted octanol–water partition coefficient (Wildman–Crippen LogP) is 1.65. The Balaban J connectivity index is 2.18. The van der Waals surface area contributed by atoms with Gasteiger partial charge < -0.3 is 5.73 Å². The van der Waals surface area contributed by atoms with Gasteiger partial charge in [0.25, 0.3) is 0 Å². The fourth-order valence-electron chi connectivity index (χ4n) is 1.96. The molecule has 1 heterocycles. The molecule has 14 heavy (non-hydrogen) atoms. The number of hydrogen-bond acceptors (Lipinski definition) is 2. The first-order chi connectivity index (χ1) is 6.83. The lowest BCUT2D eigenvalue weighted by atomic mass is 10.1. The smallest absolute Gasteiger partial charge is 0.0243 e. The molecule has 2 heteroatoms. The van der Waals surface area contributed by atoms with Gasteiger partial charge in [0.1, 0.15) is 0 Å². The maximum atomic E-state index is 5.61. The van der Waals surface area contributed by atoms with Crippen LogP contribution < -0.4 is 5.73 Å². The second-order valence-corrected chi connectivity index (χ2v) is 3.77. The van der Waals surface area contributed by atoms with Gasteiger partial charge in [-0.05, 0) is 16.7 Å². The molecule has 1 aliphatic rings. The van der Waals surface area contributed by atoms with Crippen LogP contribution in [0.4, 0.5) is 0 Å². The molecule has 0 fully saturated rings. The van der Waals surface area contributed by atoms with Crippen LogP contribution in [-0.4, -0.2) is 11.4 Å². The summed E-state index contributed by atoms with van der Waals surface area (Å²) in [5.41, 5.74) is 9.69. The van der Waals surface area contributed by atoms with Gasteiger partial charge in [0, 0.05) is 26.2 Å². The van der Waals surface area contributed by atoms with E-state index < -0.39 is 0 Å². The zero-order chi connectivity index (χ0) is 9.97. The van der Waals surface area contributed by atoms with Crippen molar-refractivity contribution in [3.8, 4) is 0 Å². The molecule has 1 aliphatic heterocycles. The first-order valence-electron chi connectivity index (χ1n) is 4.97. The van der Waals surface area contributed by atoms with Gasteiger partial charge in [-0.1, -0.05) is 24.3 Å². The molecule has 1 aromatic rings.